The van der Waals surface area contributed by atoms with Crippen LogP contribution in [0.4, 0.5) is 5.69 Å². The van der Waals surface area contributed by atoms with Gasteiger partial charge in [-0.3, -0.25) is 4.79 Å². The number of carbonyl (C=O) groups is 1. The summed E-state index contributed by atoms with van der Waals surface area (Å²) in [6, 6.07) is 11.2. The topological polar surface area (TPSA) is 59.6 Å². The number of anilines is 1. The number of nitrogens with one attached hydrogen (secondary N) is 2. The van der Waals surface area contributed by atoms with Crippen molar-refractivity contribution in [2.45, 2.75) is 19.9 Å². The summed E-state index contributed by atoms with van der Waals surface area (Å²) in [6.45, 7) is 4.02. The molecule has 0 aliphatic heterocycles. The molecule has 2 aromatic rings. The van der Waals surface area contributed by atoms with Crippen LogP contribution in [0.1, 0.15) is 24.1 Å². The van der Waals surface area contributed by atoms with Crippen LogP contribution in [0.3, 0.4) is 0 Å². The minimum Gasteiger partial charge on any atom is -0.496 e. The minimum atomic E-state index is -0.165. The van der Waals surface area contributed by atoms with E-state index in [0.29, 0.717) is 16.5 Å². The van der Waals surface area contributed by atoms with Crippen LogP contribution in [0.15, 0.2) is 36.4 Å². The summed E-state index contributed by atoms with van der Waals surface area (Å²) in [7, 11) is 3.17. The average Bonchev–Trinajstić information content (AvgIpc) is 2.62. The zero-order chi connectivity index (χ0) is 18.4. The molecule has 0 aliphatic rings. The summed E-state index contributed by atoms with van der Waals surface area (Å²) in [5.41, 5.74) is 2.46. The van der Waals surface area contributed by atoms with Crippen LogP contribution in [0, 0.1) is 6.92 Å². The molecule has 0 heterocycles. The molecule has 1 amide bonds. The molecule has 25 heavy (non-hydrogen) atoms. The van der Waals surface area contributed by atoms with Crippen LogP contribution >= 0.6 is 11.6 Å². The highest BCUT2D eigenvalue weighted by Gasteiger charge is 2.14. The molecule has 2 aromatic carbocycles. The minimum absolute atomic E-state index is 0.0317. The number of hydrogen-bond acceptors (Lipinski definition) is 4. The molecular weight excluding hydrogens is 340 g/mol. The molecule has 1 atom stereocenters. The smallest absolute Gasteiger partial charge is 0.238 e. The van der Waals surface area contributed by atoms with Gasteiger partial charge in [-0.2, -0.15) is 0 Å². The molecule has 0 saturated carbocycles. The van der Waals surface area contributed by atoms with Crippen molar-refractivity contribution in [2.24, 2.45) is 0 Å². The van der Waals surface area contributed by atoms with Crippen LogP contribution in [0.2, 0.25) is 5.02 Å². The van der Waals surface area contributed by atoms with E-state index >= 15 is 0 Å². The van der Waals surface area contributed by atoms with E-state index in [0.717, 1.165) is 16.9 Å². The van der Waals surface area contributed by atoms with Crippen molar-refractivity contribution in [1.82, 2.24) is 5.32 Å². The molecule has 134 valence electrons. The normalized spacial score (nSPS) is 11.7. The summed E-state index contributed by atoms with van der Waals surface area (Å²) in [6.07, 6.45) is 0. The Balaban J connectivity index is 2.00. The van der Waals surface area contributed by atoms with Gasteiger partial charge in [0.2, 0.25) is 5.91 Å². The van der Waals surface area contributed by atoms with Gasteiger partial charge < -0.3 is 20.1 Å². The highest BCUT2D eigenvalue weighted by atomic mass is 35.5. The lowest BCUT2D eigenvalue weighted by atomic mass is 10.1. The predicted octanol–water partition coefficient (Wildman–Crippen LogP) is 3.95. The van der Waals surface area contributed by atoms with Crippen molar-refractivity contribution in [3.63, 3.8) is 0 Å². The molecule has 0 bridgehead atoms. The fraction of sp³-hybridized carbons (Fsp3) is 0.316. The van der Waals surface area contributed by atoms with E-state index in [9.17, 15) is 4.79 Å². The molecule has 5 nitrogen and oxygen atoms in total. The predicted molar refractivity (Wildman–Crippen MR) is 101 cm³/mol. The second kappa shape index (κ2) is 8.74. The van der Waals surface area contributed by atoms with Crippen LogP contribution in [0.5, 0.6) is 11.5 Å². The third-order valence-corrected chi connectivity index (χ3v) is 4.34. The lowest BCUT2D eigenvalue weighted by molar-refractivity contribution is -0.115. The van der Waals surface area contributed by atoms with Gasteiger partial charge >= 0.3 is 0 Å². The number of ether oxygens (including phenoxy) is 2. The molecule has 2 rings (SSSR count). The van der Waals surface area contributed by atoms with Crippen LogP contribution in [-0.4, -0.2) is 26.7 Å². The van der Waals surface area contributed by atoms with Gasteiger partial charge in [-0.25, -0.2) is 0 Å². The Morgan fingerprint density at radius 1 is 1.16 bits per heavy atom. The summed E-state index contributed by atoms with van der Waals surface area (Å²) in [4.78, 5) is 12.3. The van der Waals surface area contributed by atoms with E-state index in [1.54, 1.807) is 26.4 Å². The van der Waals surface area contributed by atoms with Crippen molar-refractivity contribution in [2.75, 3.05) is 26.1 Å². The molecule has 0 aromatic heterocycles. The lowest BCUT2D eigenvalue weighted by Crippen LogP contribution is -2.30. The number of rotatable bonds is 7. The maximum Gasteiger partial charge on any atom is 0.238 e. The molecule has 0 saturated heterocycles. The number of amides is 1. The molecule has 0 spiro atoms. The van der Waals surface area contributed by atoms with Gasteiger partial charge in [-0.15, -0.1) is 0 Å². The highest BCUT2D eigenvalue weighted by Crippen LogP contribution is 2.31. The third kappa shape index (κ3) is 4.87. The quantitative estimate of drug-likeness (QED) is 0.782. The molecule has 0 aliphatic carbocycles. The van der Waals surface area contributed by atoms with E-state index in [-0.39, 0.29) is 18.5 Å². The van der Waals surface area contributed by atoms with Crippen molar-refractivity contribution in [3.05, 3.63) is 52.5 Å². The summed E-state index contributed by atoms with van der Waals surface area (Å²) in [5, 5.41) is 6.64. The Hall–Kier alpha value is -2.24. The second-order valence-corrected chi connectivity index (χ2v) is 6.10. The largest absolute Gasteiger partial charge is 0.496 e. The van der Waals surface area contributed by atoms with Gasteiger partial charge in [-0.05, 0) is 31.5 Å². The zero-order valence-electron chi connectivity index (χ0n) is 14.9. The summed E-state index contributed by atoms with van der Waals surface area (Å²) in [5.74, 6) is 1.15. The van der Waals surface area contributed by atoms with E-state index in [2.05, 4.69) is 10.6 Å². The van der Waals surface area contributed by atoms with Crippen LogP contribution < -0.4 is 20.1 Å². The number of aryl methyl sites for hydroxylation is 1. The summed E-state index contributed by atoms with van der Waals surface area (Å²) < 4.78 is 10.6. The summed E-state index contributed by atoms with van der Waals surface area (Å²) >= 11 is 6.08. The van der Waals surface area contributed by atoms with Gasteiger partial charge in [0.1, 0.15) is 11.5 Å². The van der Waals surface area contributed by atoms with Gasteiger partial charge in [-0.1, -0.05) is 29.8 Å². The Morgan fingerprint density at radius 3 is 2.52 bits per heavy atom. The van der Waals surface area contributed by atoms with Crippen molar-refractivity contribution >= 4 is 23.2 Å². The van der Waals surface area contributed by atoms with Gasteiger partial charge in [0, 0.05) is 22.7 Å². The van der Waals surface area contributed by atoms with Crippen molar-refractivity contribution in [1.29, 1.82) is 0 Å². The van der Waals surface area contributed by atoms with Crippen molar-refractivity contribution in [3.8, 4) is 11.5 Å². The molecular formula is C19H23ClN2O3. The monoisotopic (exact) mass is 362 g/mol. The first-order valence-electron chi connectivity index (χ1n) is 7.96. The number of methoxy groups -OCH3 is 2. The Kier molecular flexibility index (Phi) is 6.67. The fourth-order valence-electron chi connectivity index (χ4n) is 2.50. The third-order valence-electron chi connectivity index (χ3n) is 3.93. The van der Waals surface area contributed by atoms with Crippen LogP contribution in [-0.2, 0) is 4.79 Å². The van der Waals surface area contributed by atoms with Gasteiger partial charge in [0.15, 0.2) is 0 Å². The van der Waals surface area contributed by atoms with E-state index in [1.807, 2.05) is 38.1 Å². The number of halogens is 1. The fourth-order valence-corrected chi connectivity index (χ4v) is 2.66. The molecule has 0 fully saturated rings. The first-order chi connectivity index (χ1) is 12.0. The first-order valence-corrected chi connectivity index (χ1v) is 8.34. The maximum atomic E-state index is 12.3. The Bertz CT molecular complexity index is 749. The average molecular weight is 363 g/mol. The number of benzene rings is 2. The lowest BCUT2D eigenvalue weighted by Gasteiger charge is -2.17. The Morgan fingerprint density at radius 2 is 1.84 bits per heavy atom. The number of hydrogen-bond donors (Lipinski definition) is 2. The zero-order valence-corrected chi connectivity index (χ0v) is 15.6. The van der Waals surface area contributed by atoms with Gasteiger partial charge in [0.25, 0.3) is 0 Å². The molecule has 0 unspecified atom stereocenters. The van der Waals surface area contributed by atoms with E-state index in [4.69, 9.17) is 21.1 Å². The molecule has 0 radical (unpaired) electrons. The number of carbonyl (C=O) groups excluding carboxylic acids is 1. The Labute approximate surface area is 153 Å². The standard InChI is InChI=1S/C19H23ClN2O3/c1-12-9-16(18(25-4)10-15(12)20)22-19(23)11-21-13(2)14-7-5-6-8-17(14)24-3/h5-10,13,21H,11H2,1-4H3,(H,22,23)/t13-/m0/s1. The van der Waals surface area contributed by atoms with Crippen LogP contribution in [0.25, 0.3) is 0 Å². The van der Waals surface area contributed by atoms with E-state index < -0.39 is 0 Å². The molecule has 2 N–H and O–H groups in total. The highest BCUT2D eigenvalue weighted by molar-refractivity contribution is 6.31. The van der Waals surface area contributed by atoms with E-state index in [1.165, 1.54) is 0 Å². The SMILES string of the molecule is COc1cc(Cl)c(C)cc1NC(=O)CN[C@@H](C)c1ccccc1OC. The second-order valence-electron chi connectivity index (χ2n) is 5.69. The number of para-hydroxylation sites is 1. The maximum absolute atomic E-state index is 12.3. The van der Waals surface area contributed by atoms with Gasteiger partial charge in [0.05, 0.1) is 26.5 Å². The first kappa shape index (κ1) is 19.1. The molecule has 6 heteroatoms. The van der Waals surface area contributed by atoms with Crippen molar-refractivity contribution < 1.29 is 14.3 Å².